The lowest BCUT2D eigenvalue weighted by Crippen LogP contribution is -2.45. The largest absolute Gasteiger partial charge is 0.497 e. The van der Waals surface area contributed by atoms with Crippen LogP contribution >= 0.6 is 0 Å². The van der Waals surface area contributed by atoms with E-state index in [0.717, 1.165) is 42.2 Å². The van der Waals surface area contributed by atoms with E-state index in [0.29, 0.717) is 26.2 Å². The second kappa shape index (κ2) is 13.2. The molecule has 0 aliphatic carbocycles. The summed E-state index contributed by atoms with van der Waals surface area (Å²) in [6.45, 7) is 6.80. The fraction of sp³-hybridized carbons (Fsp3) is 0.400. The zero-order valence-electron chi connectivity index (χ0n) is 22.8. The number of hydrogen-bond donors (Lipinski definition) is 0. The van der Waals surface area contributed by atoms with Crippen molar-refractivity contribution in [2.45, 2.75) is 26.7 Å². The van der Waals surface area contributed by atoms with Gasteiger partial charge in [-0.25, -0.2) is 4.39 Å². The van der Waals surface area contributed by atoms with Crippen molar-refractivity contribution in [1.82, 2.24) is 20.0 Å². The summed E-state index contributed by atoms with van der Waals surface area (Å²) in [7, 11) is 1.63. The molecular formula is C30H36FN5O3. The molecule has 39 heavy (non-hydrogen) atoms. The van der Waals surface area contributed by atoms with Crippen molar-refractivity contribution < 1.29 is 18.7 Å². The van der Waals surface area contributed by atoms with Gasteiger partial charge in [0, 0.05) is 38.3 Å². The predicted octanol–water partition coefficient (Wildman–Crippen LogP) is 4.52. The van der Waals surface area contributed by atoms with Crippen LogP contribution in [0.1, 0.15) is 37.0 Å². The van der Waals surface area contributed by atoms with Crippen LogP contribution in [0.3, 0.4) is 0 Å². The van der Waals surface area contributed by atoms with Crippen LogP contribution < -0.4 is 9.64 Å². The van der Waals surface area contributed by atoms with E-state index < -0.39 is 11.7 Å². The number of ether oxygens (including phenoxy) is 1. The molecule has 3 aromatic rings. The second-order valence-corrected chi connectivity index (χ2v) is 9.91. The molecule has 1 aliphatic heterocycles. The highest BCUT2D eigenvalue weighted by molar-refractivity contribution is 5.96. The smallest absolute Gasteiger partial charge is 0.257 e. The number of rotatable bonds is 9. The third kappa shape index (κ3) is 7.10. The van der Waals surface area contributed by atoms with E-state index in [4.69, 9.17) is 4.74 Å². The van der Waals surface area contributed by atoms with E-state index in [1.54, 1.807) is 24.1 Å². The van der Waals surface area contributed by atoms with Crippen LogP contribution in [0.15, 0.2) is 60.7 Å². The maximum atomic E-state index is 14.4. The van der Waals surface area contributed by atoms with E-state index in [1.165, 1.54) is 17.0 Å². The first-order chi connectivity index (χ1) is 18.9. The Morgan fingerprint density at radius 1 is 1.03 bits per heavy atom. The quantitative estimate of drug-likeness (QED) is 0.403. The van der Waals surface area contributed by atoms with Gasteiger partial charge in [0.05, 0.1) is 18.4 Å². The van der Waals surface area contributed by atoms with Crippen molar-refractivity contribution in [2.24, 2.45) is 5.92 Å². The molecule has 0 bridgehead atoms. The number of carbonyl (C=O) groups is 2. The summed E-state index contributed by atoms with van der Waals surface area (Å²) in [6.07, 6.45) is 1.61. The molecule has 8 nitrogen and oxygen atoms in total. The third-order valence-electron chi connectivity index (χ3n) is 7.14. The summed E-state index contributed by atoms with van der Waals surface area (Å²) < 4.78 is 19.7. The Morgan fingerprint density at radius 2 is 1.85 bits per heavy atom. The molecule has 1 unspecified atom stereocenters. The summed E-state index contributed by atoms with van der Waals surface area (Å²) in [5.74, 6) is 0.534. The number of hydrogen-bond acceptors (Lipinski definition) is 6. The van der Waals surface area contributed by atoms with E-state index in [1.807, 2.05) is 50.2 Å². The van der Waals surface area contributed by atoms with Crippen LogP contribution in [0.4, 0.5) is 10.2 Å². The minimum Gasteiger partial charge on any atom is -0.497 e. The van der Waals surface area contributed by atoms with Gasteiger partial charge in [0.25, 0.3) is 5.91 Å². The first-order valence-corrected chi connectivity index (χ1v) is 13.4. The number of anilines is 1. The van der Waals surface area contributed by atoms with Crippen LogP contribution in [0.25, 0.3) is 11.3 Å². The van der Waals surface area contributed by atoms with Gasteiger partial charge in [0.1, 0.15) is 18.1 Å². The standard InChI is InChI=1S/C30H36FN5O3/c1-4-22(2)20-36(30(38)25-11-5-6-12-26(25)31)21-29(37)35-16-8-15-34(17-18-35)28-14-13-27(32-33-28)23-9-7-10-24(19-23)39-3/h5-7,9-14,19,22H,4,8,15-18,20-21H2,1-3H3. The lowest BCUT2D eigenvalue weighted by atomic mass is 10.1. The summed E-state index contributed by atoms with van der Waals surface area (Å²) >= 11 is 0. The van der Waals surface area contributed by atoms with Gasteiger partial charge in [0.15, 0.2) is 5.82 Å². The highest BCUT2D eigenvalue weighted by Gasteiger charge is 2.26. The molecule has 2 amide bonds. The topological polar surface area (TPSA) is 78.9 Å². The molecule has 1 aliphatic rings. The van der Waals surface area contributed by atoms with Gasteiger partial charge in [-0.15, -0.1) is 10.2 Å². The van der Waals surface area contributed by atoms with Gasteiger partial charge in [-0.05, 0) is 48.7 Å². The van der Waals surface area contributed by atoms with Crippen molar-refractivity contribution in [3.63, 3.8) is 0 Å². The van der Waals surface area contributed by atoms with Gasteiger partial charge < -0.3 is 19.4 Å². The van der Waals surface area contributed by atoms with Crippen LogP contribution in [0.2, 0.25) is 0 Å². The van der Waals surface area contributed by atoms with E-state index in [2.05, 4.69) is 15.1 Å². The number of nitrogens with zero attached hydrogens (tertiary/aromatic N) is 5. The van der Waals surface area contributed by atoms with E-state index in [-0.39, 0.29) is 23.9 Å². The molecule has 4 rings (SSSR count). The van der Waals surface area contributed by atoms with Crippen LogP contribution in [0, 0.1) is 11.7 Å². The van der Waals surface area contributed by atoms with E-state index in [9.17, 15) is 14.0 Å². The second-order valence-electron chi connectivity index (χ2n) is 9.91. The normalized spacial score (nSPS) is 14.5. The molecule has 0 N–H and O–H groups in total. The fourth-order valence-corrected chi connectivity index (χ4v) is 4.62. The summed E-state index contributed by atoms with van der Waals surface area (Å²) in [6, 6.07) is 17.5. The SMILES string of the molecule is CCC(C)CN(CC(=O)N1CCCN(c2ccc(-c3cccc(OC)c3)nn2)CC1)C(=O)c1ccccc1F. The van der Waals surface area contributed by atoms with Gasteiger partial charge >= 0.3 is 0 Å². The molecule has 2 aromatic carbocycles. The first kappa shape index (κ1) is 28.0. The number of aromatic nitrogens is 2. The summed E-state index contributed by atoms with van der Waals surface area (Å²) in [4.78, 5) is 31.9. The number of methoxy groups -OCH3 is 1. The van der Waals surface area contributed by atoms with Gasteiger partial charge in [0.2, 0.25) is 5.91 Å². The molecule has 1 aromatic heterocycles. The predicted molar refractivity (Wildman–Crippen MR) is 149 cm³/mol. The molecule has 1 fully saturated rings. The molecule has 0 spiro atoms. The zero-order chi connectivity index (χ0) is 27.8. The molecule has 1 atom stereocenters. The third-order valence-corrected chi connectivity index (χ3v) is 7.14. The average molecular weight is 534 g/mol. The molecule has 2 heterocycles. The highest BCUT2D eigenvalue weighted by Crippen LogP contribution is 2.23. The van der Waals surface area contributed by atoms with Crippen molar-refractivity contribution in [3.8, 4) is 17.0 Å². The van der Waals surface area contributed by atoms with Gasteiger partial charge in [-0.2, -0.15) is 0 Å². The van der Waals surface area contributed by atoms with Crippen LogP contribution in [-0.4, -0.2) is 78.2 Å². The summed E-state index contributed by atoms with van der Waals surface area (Å²) in [5, 5.41) is 8.86. The Hall–Kier alpha value is -4.01. The fourth-order valence-electron chi connectivity index (χ4n) is 4.62. The minimum atomic E-state index is -0.576. The Morgan fingerprint density at radius 3 is 2.56 bits per heavy atom. The Kier molecular flexibility index (Phi) is 9.46. The molecular weight excluding hydrogens is 497 g/mol. The number of halogens is 1. The molecule has 0 saturated carbocycles. The Bertz CT molecular complexity index is 1270. The molecule has 206 valence electrons. The minimum absolute atomic E-state index is 0.00777. The summed E-state index contributed by atoms with van der Waals surface area (Å²) in [5.41, 5.74) is 1.67. The van der Waals surface area contributed by atoms with Crippen molar-refractivity contribution in [1.29, 1.82) is 0 Å². The highest BCUT2D eigenvalue weighted by atomic mass is 19.1. The van der Waals surface area contributed by atoms with Crippen LogP contribution in [0.5, 0.6) is 5.75 Å². The Labute approximate surface area is 229 Å². The molecule has 1 saturated heterocycles. The maximum absolute atomic E-state index is 14.4. The van der Waals surface area contributed by atoms with Gasteiger partial charge in [-0.3, -0.25) is 9.59 Å². The monoisotopic (exact) mass is 533 g/mol. The number of carbonyl (C=O) groups excluding carboxylic acids is 2. The number of amides is 2. The van der Waals surface area contributed by atoms with Crippen molar-refractivity contribution >= 4 is 17.6 Å². The lowest BCUT2D eigenvalue weighted by Gasteiger charge is -2.29. The van der Waals surface area contributed by atoms with E-state index >= 15 is 0 Å². The molecule has 9 heteroatoms. The zero-order valence-corrected chi connectivity index (χ0v) is 22.8. The van der Waals surface area contributed by atoms with Crippen molar-refractivity contribution in [2.75, 3.05) is 51.3 Å². The van der Waals surface area contributed by atoms with Crippen LogP contribution in [-0.2, 0) is 4.79 Å². The van der Waals surface area contributed by atoms with Gasteiger partial charge in [-0.1, -0.05) is 44.5 Å². The average Bonchev–Trinajstić information content (AvgIpc) is 3.23. The van der Waals surface area contributed by atoms with Crippen molar-refractivity contribution in [3.05, 3.63) is 72.0 Å². The first-order valence-electron chi connectivity index (χ1n) is 13.4. The number of benzene rings is 2. The maximum Gasteiger partial charge on any atom is 0.257 e. The molecule has 0 radical (unpaired) electrons. The lowest BCUT2D eigenvalue weighted by molar-refractivity contribution is -0.131. The Balaban J connectivity index is 1.40.